The monoisotopic (exact) mass is 304 g/mol. The van der Waals surface area contributed by atoms with Crippen molar-refractivity contribution in [2.45, 2.75) is 31.6 Å². The molecule has 0 fully saturated rings. The predicted molar refractivity (Wildman–Crippen MR) is 89.1 cm³/mol. The van der Waals surface area contributed by atoms with Crippen LogP contribution in [0.25, 0.3) is 0 Å². The highest BCUT2D eigenvalue weighted by Crippen LogP contribution is 2.35. The average molecular weight is 304 g/mol. The summed E-state index contributed by atoms with van der Waals surface area (Å²) in [4.78, 5) is 2.94. The highest BCUT2D eigenvalue weighted by atomic mass is 32.2. The van der Waals surface area contributed by atoms with Crippen LogP contribution in [0.2, 0.25) is 0 Å². The van der Waals surface area contributed by atoms with E-state index >= 15 is 0 Å². The normalized spacial score (nSPS) is 15.9. The van der Waals surface area contributed by atoms with Gasteiger partial charge in [-0.1, -0.05) is 24.3 Å². The Morgan fingerprint density at radius 3 is 2.95 bits per heavy atom. The number of nitrogens with one attached hydrogen (secondary N) is 1. The third kappa shape index (κ3) is 2.93. The van der Waals surface area contributed by atoms with Crippen LogP contribution in [0.3, 0.4) is 0 Å². The van der Waals surface area contributed by atoms with E-state index in [0.29, 0.717) is 0 Å². The molecule has 20 heavy (non-hydrogen) atoms. The first-order valence-corrected chi connectivity index (χ1v) is 8.95. The fourth-order valence-corrected chi connectivity index (χ4v) is 5.08. The summed E-state index contributed by atoms with van der Waals surface area (Å²) < 4.78 is 0. The zero-order chi connectivity index (χ0) is 13.9. The van der Waals surface area contributed by atoms with E-state index in [1.165, 1.54) is 33.7 Å². The van der Waals surface area contributed by atoms with Gasteiger partial charge in [0, 0.05) is 15.5 Å². The van der Waals surface area contributed by atoms with Gasteiger partial charge in [-0.15, -0.1) is 11.3 Å². The van der Waals surface area contributed by atoms with Gasteiger partial charge in [0.25, 0.3) is 0 Å². The Labute approximate surface area is 128 Å². The summed E-state index contributed by atoms with van der Waals surface area (Å²) in [7, 11) is 0. The Kier molecular flexibility index (Phi) is 4.46. The first kappa shape index (κ1) is 14.1. The van der Waals surface area contributed by atoms with Crippen LogP contribution in [0.4, 0.5) is 0 Å². The first-order valence-electron chi connectivity index (χ1n) is 6.98. The smallest absolute Gasteiger partial charge is 0.0593 e. The van der Waals surface area contributed by atoms with E-state index in [0.717, 1.165) is 12.2 Å². The van der Waals surface area contributed by atoms with Gasteiger partial charge in [0.1, 0.15) is 0 Å². The summed E-state index contributed by atoms with van der Waals surface area (Å²) in [6, 6.07) is 11.1. The minimum absolute atomic E-state index is 0.219. The molecule has 2 heterocycles. The highest BCUT2D eigenvalue weighted by molar-refractivity contribution is 7.98. The van der Waals surface area contributed by atoms with E-state index in [1.807, 2.05) is 23.1 Å². The molecule has 0 radical (unpaired) electrons. The molecule has 1 aliphatic heterocycles. The van der Waals surface area contributed by atoms with Gasteiger partial charge in [-0.05, 0) is 48.3 Å². The summed E-state index contributed by atoms with van der Waals surface area (Å²) in [5.74, 6) is 8.23. The number of thiophene rings is 1. The van der Waals surface area contributed by atoms with Crippen molar-refractivity contribution in [2.75, 3.05) is 5.75 Å². The molecule has 0 spiro atoms. The molecule has 2 nitrogen and oxygen atoms in total. The SMILES string of the molecule is Cc1ccccc1CC(NN)c1cc2c(s1)CCSC2. The second-order valence-corrected chi connectivity index (χ2v) is 7.52. The maximum Gasteiger partial charge on any atom is 0.0593 e. The van der Waals surface area contributed by atoms with Gasteiger partial charge < -0.3 is 0 Å². The molecule has 0 bridgehead atoms. The van der Waals surface area contributed by atoms with E-state index in [1.54, 1.807) is 4.88 Å². The van der Waals surface area contributed by atoms with Gasteiger partial charge in [0.15, 0.2) is 0 Å². The number of thioether (sulfide) groups is 1. The van der Waals surface area contributed by atoms with E-state index in [-0.39, 0.29) is 6.04 Å². The van der Waals surface area contributed by atoms with Crippen molar-refractivity contribution in [1.29, 1.82) is 0 Å². The number of benzene rings is 1. The van der Waals surface area contributed by atoms with Crippen LogP contribution >= 0.6 is 23.1 Å². The Morgan fingerprint density at radius 1 is 1.35 bits per heavy atom. The van der Waals surface area contributed by atoms with Crippen LogP contribution in [-0.4, -0.2) is 5.75 Å². The van der Waals surface area contributed by atoms with Crippen LogP contribution in [0.1, 0.15) is 32.5 Å². The van der Waals surface area contributed by atoms with Gasteiger partial charge in [-0.2, -0.15) is 11.8 Å². The van der Waals surface area contributed by atoms with Gasteiger partial charge in [-0.25, -0.2) is 0 Å². The summed E-state index contributed by atoms with van der Waals surface area (Å²) in [6.07, 6.45) is 2.17. The van der Waals surface area contributed by atoms with Gasteiger partial charge in [0.2, 0.25) is 0 Å². The van der Waals surface area contributed by atoms with Crippen molar-refractivity contribution in [3.8, 4) is 0 Å². The summed E-state index contributed by atoms with van der Waals surface area (Å²) >= 11 is 3.97. The Bertz CT molecular complexity index is 568. The van der Waals surface area contributed by atoms with Crippen molar-refractivity contribution in [2.24, 2.45) is 5.84 Å². The zero-order valence-electron chi connectivity index (χ0n) is 11.7. The molecular formula is C16H20N2S2. The lowest BCUT2D eigenvalue weighted by molar-refractivity contribution is 0.559. The molecule has 3 rings (SSSR count). The zero-order valence-corrected chi connectivity index (χ0v) is 13.3. The second-order valence-electron chi connectivity index (χ2n) is 5.25. The molecule has 0 saturated carbocycles. The number of aryl methyl sites for hydroxylation is 2. The molecule has 0 saturated heterocycles. The highest BCUT2D eigenvalue weighted by Gasteiger charge is 2.19. The van der Waals surface area contributed by atoms with Gasteiger partial charge >= 0.3 is 0 Å². The predicted octanol–water partition coefficient (Wildman–Crippen LogP) is 3.59. The molecule has 1 unspecified atom stereocenters. The molecular weight excluding hydrogens is 284 g/mol. The third-order valence-corrected chi connectivity index (χ3v) is 6.24. The van der Waals surface area contributed by atoms with E-state index in [4.69, 9.17) is 5.84 Å². The third-order valence-electron chi connectivity index (χ3n) is 3.88. The van der Waals surface area contributed by atoms with Crippen LogP contribution in [0, 0.1) is 6.92 Å². The van der Waals surface area contributed by atoms with E-state index < -0.39 is 0 Å². The standard InChI is InChI=1S/C16H20N2S2/c1-11-4-2-3-5-12(11)8-14(18-17)16-9-13-10-19-7-6-15(13)20-16/h2-5,9,14,18H,6-8,10,17H2,1H3. The largest absolute Gasteiger partial charge is 0.271 e. The Morgan fingerprint density at radius 2 is 2.20 bits per heavy atom. The van der Waals surface area contributed by atoms with Crippen LogP contribution in [0.15, 0.2) is 30.3 Å². The number of rotatable bonds is 4. The lowest BCUT2D eigenvalue weighted by Crippen LogP contribution is -2.29. The summed E-state index contributed by atoms with van der Waals surface area (Å²) in [5.41, 5.74) is 7.24. The topological polar surface area (TPSA) is 38.0 Å². The van der Waals surface area contributed by atoms with Gasteiger partial charge in [0.05, 0.1) is 6.04 Å². The Hall–Kier alpha value is -0.810. The minimum Gasteiger partial charge on any atom is -0.271 e. The van der Waals surface area contributed by atoms with Crippen LogP contribution in [-0.2, 0) is 18.6 Å². The molecule has 3 N–H and O–H groups in total. The fourth-order valence-electron chi connectivity index (χ4n) is 2.64. The average Bonchev–Trinajstić information content (AvgIpc) is 2.90. The van der Waals surface area contributed by atoms with Crippen molar-refractivity contribution < 1.29 is 0 Å². The van der Waals surface area contributed by atoms with E-state index in [2.05, 4.69) is 42.7 Å². The van der Waals surface area contributed by atoms with Crippen LogP contribution in [0.5, 0.6) is 0 Å². The molecule has 106 valence electrons. The lowest BCUT2D eigenvalue weighted by atomic mass is 10.0. The fraction of sp³-hybridized carbons (Fsp3) is 0.375. The van der Waals surface area contributed by atoms with Crippen molar-refractivity contribution in [3.05, 3.63) is 56.8 Å². The quantitative estimate of drug-likeness (QED) is 0.669. The number of fused-ring (bicyclic) bond motifs is 1. The maximum absolute atomic E-state index is 5.81. The van der Waals surface area contributed by atoms with E-state index in [9.17, 15) is 0 Å². The first-order chi connectivity index (χ1) is 9.78. The molecule has 1 aromatic carbocycles. The summed E-state index contributed by atoms with van der Waals surface area (Å²) in [5, 5.41) is 0. The maximum atomic E-state index is 5.81. The molecule has 2 aromatic rings. The summed E-state index contributed by atoms with van der Waals surface area (Å²) in [6.45, 7) is 2.17. The minimum atomic E-state index is 0.219. The molecule has 1 aliphatic rings. The Balaban J connectivity index is 1.83. The number of hydrazine groups is 1. The van der Waals surface area contributed by atoms with Crippen molar-refractivity contribution >= 4 is 23.1 Å². The van der Waals surface area contributed by atoms with Crippen LogP contribution < -0.4 is 11.3 Å². The number of hydrogen-bond donors (Lipinski definition) is 2. The molecule has 1 atom stereocenters. The lowest BCUT2D eigenvalue weighted by Gasteiger charge is -2.15. The van der Waals surface area contributed by atoms with Gasteiger partial charge in [-0.3, -0.25) is 11.3 Å². The van der Waals surface area contributed by atoms with Crippen molar-refractivity contribution in [1.82, 2.24) is 5.43 Å². The molecule has 0 aliphatic carbocycles. The second kappa shape index (κ2) is 6.31. The molecule has 4 heteroatoms. The molecule has 1 aromatic heterocycles. The number of hydrogen-bond acceptors (Lipinski definition) is 4. The number of nitrogens with two attached hydrogens (primary N) is 1. The molecule has 0 amide bonds. The van der Waals surface area contributed by atoms with Crippen molar-refractivity contribution in [3.63, 3.8) is 0 Å².